The molecule has 128 valence electrons. The maximum atomic E-state index is 12.2. The van der Waals surface area contributed by atoms with Crippen LogP contribution in [0.25, 0.3) is 6.08 Å². The van der Waals surface area contributed by atoms with E-state index in [4.69, 9.17) is 9.47 Å². The molecule has 0 aromatic heterocycles. The minimum Gasteiger partial charge on any atom is -0.451 e. The van der Waals surface area contributed by atoms with Gasteiger partial charge in [-0.1, -0.05) is 30.3 Å². The van der Waals surface area contributed by atoms with E-state index in [1.165, 1.54) is 13.0 Å². The second-order valence-corrected chi connectivity index (χ2v) is 5.22. The summed E-state index contributed by atoms with van der Waals surface area (Å²) in [4.78, 5) is 37.0. The topological polar surface area (TPSA) is 84.9 Å². The highest BCUT2D eigenvalue weighted by atomic mass is 16.5. The summed E-state index contributed by atoms with van der Waals surface area (Å²) in [6.07, 6.45) is 1.50. The van der Waals surface area contributed by atoms with Crippen molar-refractivity contribution in [1.29, 1.82) is 0 Å². The minimum atomic E-state index is -0.754. The summed E-state index contributed by atoms with van der Waals surface area (Å²) in [5.74, 6) is -1.43. The fraction of sp³-hybridized carbons (Fsp3) is 0.353. The summed E-state index contributed by atoms with van der Waals surface area (Å²) in [5, 5.41) is 2.43. The molecule has 0 spiro atoms. The summed E-state index contributed by atoms with van der Waals surface area (Å²) in [6.45, 7) is 2.84. The van der Waals surface area contributed by atoms with Gasteiger partial charge in [-0.15, -0.1) is 0 Å². The van der Waals surface area contributed by atoms with Crippen LogP contribution < -0.4 is 5.32 Å². The average Bonchev–Trinajstić information content (AvgIpc) is 2.60. The molecule has 1 aromatic carbocycles. The van der Waals surface area contributed by atoms with Crippen LogP contribution in [0.1, 0.15) is 12.5 Å². The Balaban J connectivity index is 1.98. The van der Waals surface area contributed by atoms with Crippen molar-refractivity contribution >= 4 is 23.9 Å². The highest BCUT2D eigenvalue weighted by molar-refractivity contribution is 5.98. The molecule has 1 fully saturated rings. The van der Waals surface area contributed by atoms with Crippen molar-refractivity contribution in [3.05, 3.63) is 41.6 Å². The predicted octanol–water partition coefficient (Wildman–Crippen LogP) is 0.566. The minimum absolute atomic E-state index is 0.0107. The quantitative estimate of drug-likeness (QED) is 0.629. The fourth-order valence-electron chi connectivity index (χ4n) is 2.16. The summed E-state index contributed by atoms with van der Waals surface area (Å²) in [7, 11) is 0. The Morgan fingerprint density at radius 3 is 2.50 bits per heavy atom. The standard InChI is InChI=1S/C17H20N2O5/c1-13(20)18-15(11-14-5-3-2-4-6-14)17(22)24-12-16(21)19-7-9-23-10-8-19/h2-6,11H,7-10,12H2,1H3,(H,18,20)/b15-11-. The van der Waals surface area contributed by atoms with Crippen LogP contribution in [0.3, 0.4) is 0 Å². The molecule has 0 bridgehead atoms. The third-order valence-corrected chi connectivity index (χ3v) is 3.33. The Morgan fingerprint density at radius 2 is 1.88 bits per heavy atom. The zero-order valence-corrected chi connectivity index (χ0v) is 13.5. The van der Waals surface area contributed by atoms with Gasteiger partial charge in [-0.3, -0.25) is 9.59 Å². The number of nitrogens with one attached hydrogen (secondary N) is 1. The highest BCUT2D eigenvalue weighted by Crippen LogP contribution is 2.07. The molecule has 0 radical (unpaired) electrons. The molecular weight excluding hydrogens is 312 g/mol. The lowest BCUT2D eigenvalue weighted by Gasteiger charge is -2.26. The molecule has 7 nitrogen and oxygen atoms in total. The second-order valence-electron chi connectivity index (χ2n) is 5.22. The van der Waals surface area contributed by atoms with Gasteiger partial charge in [-0.25, -0.2) is 4.79 Å². The van der Waals surface area contributed by atoms with E-state index in [2.05, 4.69) is 5.32 Å². The molecule has 1 aliphatic heterocycles. The molecule has 1 N–H and O–H groups in total. The SMILES string of the molecule is CC(=O)N/C(=C\c1ccccc1)C(=O)OCC(=O)N1CCOCC1. The van der Waals surface area contributed by atoms with Crippen molar-refractivity contribution in [2.24, 2.45) is 0 Å². The van der Waals surface area contributed by atoms with E-state index in [1.807, 2.05) is 18.2 Å². The van der Waals surface area contributed by atoms with Gasteiger partial charge in [0.2, 0.25) is 5.91 Å². The number of hydrogen-bond donors (Lipinski definition) is 1. The molecule has 0 saturated carbocycles. The van der Waals surface area contributed by atoms with E-state index >= 15 is 0 Å². The Hall–Kier alpha value is -2.67. The molecule has 1 saturated heterocycles. The first-order valence-corrected chi connectivity index (χ1v) is 7.63. The summed E-state index contributed by atoms with van der Waals surface area (Å²) >= 11 is 0. The summed E-state index contributed by atoms with van der Waals surface area (Å²) in [5.41, 5.74) is 0.723. The molecule has 1 aliphatic rings. The van der Waals surface area contributed by atoms with Gasteiger partial charge in [0.05, 0.1) is 13.2 Å². The van der Waals surface area contributed by atoms with E-state index in [9.17, 15) is 14.4 Å². The molecule has 2 amide bonds. The van der Waals surface area contributed by atoms with Crippen molar-refractivity contribution in [1.82, 2.24) is 10.2 Å². The molecular formula is C17H20N2O5. The van der Waals surface area contributed by atoms with Crippen molar-refractivity contribution < 1.29 is 23.9 Å². The number of rotatable bonds is 5. The van der Waals surface area contributed by atoms with Gasteiger partial charge >= 0.3 is 5.97 Å². The van der Waals surface area contributed by atoms with Crippen LogP contribution in [0, 0.1) is 0 Å². The summed E-state index contributed by atoms with van der Waals surface area (Å²) in [6, 6.07) is 9.03. The average molecular weight is 332 g/mol. The van der Waals surface area contributed by atoms with Crippen LogP contribution in [-0.2, 0) is 23.9 Å². The van der Waals surface area contributed by atoms with Gasteiger partial charge in [0.25, 0.3) is 5.91 Å². The maximum absolute atomic E-state index is 12.2. The van der Waals surface area contributed by atoms with E-state index in [0.717, 1.165) is 5.56 Å². The van der Waals surface area contributed by atoms with Crippen LogP contribution in [0.2, 0.25) is 0 Å². The molecule has 7 heteroatoms. The van der Waals surface area contributed by atoms with Crippen molar-refractivity contribution in [2.45, 2.75) is 6.92 Å². The van der Waals surface area contributed by atoms with Crippen LogP contribution in [0.15, 0.2) is 36.0 Å². The number of ether oxygens (including phenoxy) is 2. The van der Waals surface area contributed by atoms with Crippen molar-refractivity contribution in [3.8, 4) is 0 Å². The number of amides is 2. The number of nitrogens with zero attached hydrogens (tertiary/aromatic N) is 1. The monoisotopic (exact) mass is 332 g/mol. The Morgan fingerprint density at radius 1 is 1.21 bits per heavy atom. The van der Waals surface area contributed by atoms with Gasteiger partial charge in [-0.05, 0) is 11.6 Å². The van der Waals surface area contributed by atoms with E-state index in [1.54, 1.807) is 17.0 Å². The van der Waals surface area contributed by atoms with Gasteiger partial charge in [0, 0.05) is 20.0 Å². The molecule has 0 aliphatic carbocycles. The highest BCUT2D eigenvalue weighted by Gasteiger charge is 2.20. The first-order valence-electron chi connectivity index (χ1n) is 7.63. The number of carbonyl (C=O) groups is 3. The predicted molar refractivity (Wildman–Crippen MR) is 86.6 cm³/mol. The number of morpholine rings is 1. The number of hydrogen-bond acceptors (Lipinski definition) is 5. The van der Waals surface area contributed by atoms with E-state index < -0.39 is 11.9 Å². The van der Waals surface area contributed by atoms with Crippen LogP contribution in [-0.4, -0.2) is 55.6 Å². The molecule has 0 atom stereocenters. The van der Waals surface area contributed by atoms with Gasteiger partial charge < -0.3 is 19.7 Å². The summed E-state index contributed by atoms with van der Waals surface area (Å²) < 4.78 is 10.2. The van der Waals surface area contributed by atoms with Gasteiger partial charge in [0.1, 0.15) is 5.70 Å². The maximum Gasteiger partial charge on any atom is 0.355 e. The largest absolute Gasteiger partial charge is 0.451 e. The van der Waals surface area contributed by atoms with Crippen LogP contribution in [0.4, 0.5) is 0 Å². The van der Waals surface area contributed by atoms with Gasteiger partial charge in [-0.2, -0.15) is 0 Å². The molecule has 0 unspecified atom stereocenters. The molecule has 24 heavy (non-hydrogen) atoms. The number of esters is 1. The van der Waals surface area contributed by atoms with Crippen LogP contribution >= 0.6 is 0 Å². The first-order chi connectivity index (χ1) is 11.6. The first kappa shape index (κ1) is 17.7. The second kappa shape index (κ2) is 8.83. The number of carbonyl (C=O) groups excluding carboxylic acids is 3. The van der Waals surface area contributed by atoms with E-state index in [0.29, 0.717) is 26.3 Å². The Bertz CT molecular complexity index is 621. The zero-order chi connectivity index (χ0) is 17.4. The number of benzene rings is 1. The fourth-order valence-corrected chi connectivity index (χ4v) is 2.16. The zero-order valence-electron chi connectivity index (χ0n) is 13.5. The van der Waals surface area contributed by atoms with E-state index in [-0.39, 0.29) is 18.2 Å². The van der Waals surface area contributed by atoms with Crippen LogP contribution in [0.5, 0.6) is 0 Å². The van der Waals surface area contributed by atoms with Crippen molar-refractivity contribution in [3.63, 3.8) is 0 Å². The lowest BCUT2D eigenvalue weighted by atomic mass is 10.2. The molecule has 1 aromatic rings. The lowest BCUT2D eigenvalue weighted by Crippen LogP contribution is -2.43. The third kappa shape index (κ3) is 5.51. The smallest absolute Gasteiger partial charge is 0.355 e. The Kier molecular flexibility index (Phi) is 6.51. The normalized spacial score (nSPS) is 14.9. The lowest BCUT2D eigenvalue weighted by molar-refractivity contribution is -0.151. The van der Waals surface area contributed by atoms with Gasteiger partial charge in [0.15, 0.2) is 6.61 Å². The third-order valence-electron chi connectivity index (χ3n) is 3.33. The Labute approximate surface area is 140 Å². The molecule has 2 rings (SSSR count). The van der Waals surface area contributed by atoms with Crippen molar-refractivity contribution in [2.75, 3.05) is 32.9 Å². The molecule has 1 heterocycles.